The average Bonchev–Trinajstić information content (AvgIpc) is 3.20. The number of nitrogens with zero attached hydrogens (tertiary/aromatic N) is 1. The van der Waals surface area contributed by atoms with Crippen molar-refractivity contribution in [1.82, 2.24) is 9.44 Å². The summed E-state index contributed by atoms with van der Waals surface area (Å²) in [6, 6.07) is 18.2. The maximum absolute atomic E-state index is 12.4. The zero-order chi connectivity index (χ0) is 24.1. The van der Waals surface area contributed by atoms with Gasteiger partial charge in [-0.1, -0.05) is 48.9 Å². The van der Waals surface area contributed by atoms with Crippen LogP contribution in [0, 0.1) is 0 Å². The largest absolute Gasteiger partial charge is 0.366 e. The second kappa shape index (κ2) is 11.0. The topological polar surface area (TPSA) is 95.6 Å². The van der Waals surface area contributed by atoms with Crippen LogP contribution in [0.3, 0.4) is 0 Å². The molecule has 33 heavy (non-hydrogen) atoms. The van der Waals surface area contributed by atoms with Crippen molar-refractivity contribution < 1.29 is 16.8 Å². The molecule has 1 aliphatic rings. The lowest BCUT2D eigenvalue weighted by Gasteiger charge is -2.27. The third-order valence-electron chi connectivity index (χ3n) is 6.10. The minimum absolute atomic E-state index is 0.0809. The summed E-state index contributed by atoms with van der Waals surface area (Å²) >= 11 is 0. The molecule has 1 fully saturated rings. The molecule has 0 saturated heterocycles. The Labute approximate surface area is 198 Å². The van der Waals surface area contributed by atoms with Gasteiger partial charge in [-0.15, -0.1) is 0 Å². The molecule has 0 aromatic heterocycles. The molecule has 2 aromatic rings. The van der Waals surface area contributed by atoms with Crippen molar-refractivity contribution in [3.63, 3.8) is 0 Å². The van der Waals surface area contributed by atoms with Gasteiger partial charge in [0.05, 0.1) is 11.5 Å². The second-order valence-corrected chi connectivity index (χ2v) is 13.1. The van der Waals surface area contributed by atoms with Gasteiger partial charge < -0.3 is 4.90 Å². The minimum atomic E-state index is -3.32. The fourth-order valence-electron chi connectivity index (χ4n) is 4.25. The third-order valence-corrected chi connectivity index (χ3v) is 8.70. The Morgan fingerprint density at radius 3 is 2.24 bits per heavy atom. The van der Waals surface area contributed by atoms with Gasteiger partial charge in [-0.25, -0.2) is 26.3 Å². The molecule has 1 aliphatic carbocycles. The minimum Gasteiger partial charge on any atom is -0.366 e. The molecule has 2 unspecified atom stereocenters. The van der Waals surface area contributed by atoms with Gasteiger partial charge in [0.2, 0.25) is 20.0 Å². The first-order valence-corrected chi connectivity index (χ1v) is 14.8. The average molecular weight is 494 g/mol. The molecule has 0 spiro atoms. The zero-order valence-electron chi connectivity index (χ0n) is 19.6. The normalized spacial score (nSPS) is 19.2. The van der Waals surface area contributed by atoms with Gasteiger partial charge in [0.1, 0.15) is 0 Å². The van der Waals surface area contributed by atoms with Gasteiger partial charge in [-0.05, 0) is 49.9 Å². The maximum Gasteiger partial charge on any atom is 0.214 e. The van der Waals surface area contributed by atoms with Gasteiger partial charge in [0.15, 0.2) is 0 Å². The van der Waals surface area contributed by atoms with Gasteiger partial charge in [0, 0.05) is 37.3 Å². The Kier molecular flexibility index (Phi) is 8.55. The van der Waals surface area contributed by atoms with E-state index in [2.05, 4.69) is 38.6 Å². The molecule has 2 aromatic carbocycles. The van der Waals surface area contributed by atoms with Crippen molar-refractivity contribution in [2.75, 3.05) is 24.2 Å². The Morgan fingerprint density at radius 1 is 0.970 bits per heavy atom. The molecule has 1 saturated carbocycles. The highest BCUT2D eigenvalue weighted by molar-refractivity contribution is 7.90. The standard InChI is InChI=1S/C24H35N3O4S2/c1-19(2)33(30,31)26-24-11-7-10-23(24)21-12-14-22(15-13-21)27(17-16-25-32(3,28)29)18-20-8-5-4-6-9-20/h4-6,8-9,12-15,19,23-26H,7,10-11,16-18H2,1-3H3. The molecular formula is C24H35N3O4S2. The third kappa shape index (κ3) is 7.53. The number of hydrogen-bond donors (Lipinski definition) is 2. The highest BCUT2D eigenvalue weighted by atomic mass is 32.2. The molecule has 2 N–H and O–H groups in total. The number of rotatable bonds is 11. The van der Waals surface area contributed by atoms with Crippen molar-refractivity contribution in [2.24, 2.45) is 0 Å². The van der Waals surface area contributed by atoms with E-state index in [0.29, 0.717) is 19.6 Å². The molecular weight excluding hydrogens is 458 g/mol. The SMILES string of the molecule is CC(C)S(=O)(=O)NC1CCCC1c1ccc(N(CCNS(C)(=O)=O)Cc2ccccc2)cc1. The van der Waals surface area contributed by atoms with E-state index in [-0.39, 0.29) is 12.0 Å². The second-order valence-electron chi connectivity index (χ2n) is 9.02. The van der Waals surface area contributed by atoms with Crippen LogP contribution in [0.15, 0.2) is 54.6 Å². The van der Waals surface area contributed by atoms with Crippen LogP contribution in [0.1, 0.15) is 50.2 Å². The van der Waals surface area contributed by atoms with Crippen LogP contribution in [-0.2, 0) is 26.6 Å². The van der Waals surface area contributed by atoms with E-state index in [1.165, 1.54) is 0 Å². The first-order chi connectivity index (χ1) is 15.5. The van der Waals surface area contributed by atoms with E-state index in [9.17, 15) is 16.8 Å². The van der Waals surface area contributed by atoms with E-state index < -0.39 is 25.3 Å². The van der Waals surface area contributed by atoms with Crippen LogP contribution < -0.4 is 14.3 Å². The molecule has 0 aliphatic heterocycles. The molecule has 182 valence electrons. The van der Waals surface area contributed by atoms with Crippen LogP contribution in [0.25, 0.3) is 0 Å². The van der Waals surface area contributed by atoms with Crippen LogP contribution in [-0.4, -0.2) is 47.5 Å². The van der Waals surface area contributed by atoms with E-state index in [1.807, 2.05) is 30.3 Å². The fraction of sp³-hybridized carbons (Fsp3) is 0.500. The van der Waals surface area contributed by atoms with Crippen molar-refractivity contribution in [2.45, 2.75) is 56.9 Å². The number of sulfonamides is 2. The van der Waals surface area contributed by atoms with Crippen molar-refractivity contribution in [1.29, 1.82) is 0 Å². The highest BCUT2D eigenvalue weighted by Gasteiger charge is 2.32. The Balaban J connectivity index is 1.76. The van der Waals surface area contributed by atoms with Crippen LogP contribution in [0.4, 0.5) is 5.69 Å². The molecule has 3 rings (SSSR count). The van der Waals surface area contributed by atoms with E-state index >= 15 is 0 Å². The van der Waals surface area contributed by atoms with Crippen LogP contribution in [0.2, 0.25) is 0 Å². The van der Waals surface area contributed by atoms with Crippen molar-refractivity contribution >= 4 is 25.7 Å². The van der Waals surface area contributed by atoms with Gasteiger partial charge in [-0.3, -0.25) is 0 Å². The van der Waals surface area contributed by atoms with Gasteiger partial charge in [-0.2, -0.15) is 0 Å². The summed E-state index contributed by atoms with van der Waals surface area (Å²) in [5.74, 6) is 0.155. The Morgan fingerprint density at radius 2 is 1.64 bits per heavy atom. The summed E-state index contributed by atoms with van der Waals surface area (Å²) in [5, 5.41) is -0.451. The van der Waals surface area contributed by atoms with E-state index in [0.717, 1.165) is 42.3 Å². The number of nitrogens with one attached hydrogen (secondary N) is 2. The molecule has 2 atom stereocenters. The molecule has 9 heteroatoms. The molecule has 0 bridgehead atoms. The summed E-state index contributed by atoms with van der Waals surface area (Å²) in [7, 11) is -6.57. The van der Waals surface area contributed by atoms with Crippen molar-refractivity contribution in [3.8, 4) is 0 Å². The molecule has 7 nitrogen and oxygen atoms in total. The quantitative estimate of drug-likeness (QED) is 0.501. The number of anilines is 1. The number of hydrogen-bond acceptors (Lipinski definition) is 5. The zero-order valence-corrected chi connectivity index (χ0v) is 21.2. The summed E-state index contributed by atoms with van der Waals surface area (Å²) < 4.78 is 53.2. The predicted molar refractivity (Wildman–Crippen MR) is 134 cm³/mol. The maximum atomic E-state index is 12.4. The first kappa shape index (κ1) is 25.7. The van der Waals surface area contributed by atoms with Crippen molar-refractivity contribution in [3.05, 3.63) is 65.7 Å². The lowest BCUT2D eigenvalue weighted by Crippen LogP contribution is -2.40. The monoisotopic (exact) mass is 493 g/mol. The van der Waals surface area contributed by atoms with E-state index in [4.69, 9.17) is 0 Å². The predicted octanol–water partition coefficient (Wildman–Crippen LogP) is 3.21. The van der Waals surface area contributed by atoms with Gasteiger partial charge in [0.25, 0.3) is 0 Å². The number of benzene rings is 2. The Bertz CT molecular complexity index is 1100. The van der Waals surface area contributed by atoms with E-state index in [1.54, 1.807) is 13.8 Å². The smallest absolute Gasteiger partial charge is 0.214 e. The fourth-order valence-corrected chi connectivity index (χ4v) is 5.69. The highest BCUT2D eigenvalue weighted by Crippen LogP contribution is 2.36. The first-order valence-electron chi connectivity index (χ1n) is 11.4. The molecule has 0 amide bonds. The van der Waals surface area contributed by atoms with Crippen LogP contribution >= 0.6 is 0 Å². The summed E-state index contributed by atoms with van der Waals surface area (Å²) in [5.41, 5.74) is 3.26. The van der Waals surface area contributed by atoms with Crippen LogP contribution in [0.5, 0.6) is 0 Å². The molecule has 0 heterocycles. The lowest BCUT2D eigenvalue weighted by molar-refractivity contribution is 0.519. The summed E-state index contributed by atoms with van der Waals surface area (Å²) in [4.78, 5) is 2.14. The lowest BCUT2D eigenvalue weighted by atomic mass is 9.94. The Hall–Kier alpha value is -1.94. The van der Waals surface area contributed by atoms with Gasteiger partial charge >= 0.3 is 0 Å². The molecule has 0 radical (unpaired) electrons. The summed E-state index contributed by atoms with van der Waals surface area (Å²) in [6.45, 7) is 4.89. The summed E-state index contributed by atoms with van der Waals surface area (Å²) in [6.07, 6.45) is 3.95.